The Kier molecular flexibility index (Phi) is 1.99. The van der Waals surface area contributed by atoms with E-state index in [4.69, 9.17) is 0 Å². The molecule has 0 amide bonds. The maximum absolute atomic E-state index is 9.27. The van der Waals surface area contributed by atoms with Gasteiger partial charge in [-0.05, 0) is 30.9 Å². The minimum atomic E-state index is 0.0292. The Hall–Kier alpha value is -1.35. The standard InChI is InChI=1S/C12H14N2O/c15-8-12-13-10-3-1-2-4-11(10)14(12)7-9-5-6-9/h1-4,9,15H,5-8H2. The highest BCUT2D eigenvalue weighted by molar-refractivity contribution is 5.75. The molecule has 0 bridgehead atoms. The van der Waals surface area contributed by atoms with Gasteiger partial charge in [0.1, 0.15) is 12.4 Å². The van der Waals surface area contributed by atoms with Crippen molar-refractivity contribution < 1.29 is 5.11 Å². The fraction of sp³-hybridized carbons (Fsp3) is 0.417. The summed E-state index contributed by atoms with van der Waals surface area (Å²) in [5.41, 5.74) is 2.13. The number of hydrogen-bond donors (Lipinski definition) is 1. The summed E-state index contributed by atoms with van der Waals surface area (Å²) in [4.78, 5) is 4.42. The monoisotopic (exact) mass is 202 g/mol. The molecule has 0 aliphatic heterocycles. The molecule has 1 fully saturated rings. The van der Waals surface area contributed by atoms with Crippen LogP contribution in [0.4, 0.5) is 0 Å². The van der Waals surface area contributed by atoms with Crippen molar-refractivity contribution in [2.24, 2.45) is 5.92 Å². The quantitative estimate of drug-likeness (QED) is 0.826. The van der Waals surface area contributed by atoms with Crippen LogP contribution < -0.4 is 0 Å². The molecule has 3 rings (SSSR count). The van der Waals surface area contributed by atoms with E-state index in [0.29, 0.717) is 0 Å². The molecule has 3 heteroatoms. The molecule has 1 aromatic heterocycles. The topological polar surface area (TPSA) is 38.1 Å². The molecular formula is C12H14N2O. The second kappa shape index (κ2) is 3.35. The van der Waals surface area contributed by atoms with Crippen molar-refractivity contribution in [1.29, 1.82) is 0 Å². The smallest absolute Gasteiger partial charge is 0.135 e. The van der Waals surface area contributed by atoms with E-state index >= 15 is 0 Å². The number of rotatable bonds is 3. The number of aromatic nitrogens is 2. The molecule has 3 nitrogen and oxygen atoms in total. The highest BCUT2D eigenvalue weighted by atomic mass is 16.3. The van der Waals surface area contributed by atoms with Crippen LogP contribution in [0, 0.1) is 5.92 Å². The fourth-order valence-corrected chi connectivity index (χ4v) is 2.01. The van der Waals surface area contributed by atoms with E-state index in [9.17, 15) is 5.11 Å². The summed E-state index contributed by atoms with van der Waals surface area (Å²) >= 11 is 0. The number of nitrogens with zero attached hydrogens (tertiary/aromatic N) is 2. The molecule has 78 valence electrons. The first kappa shape index (κ1) is 8.92. The van der Waals surface area contributed by atoms with Crippen LogP contribution in [0.2, 0.25) is 0 Å². The molecule has 1 aliphatic carbocycles. The Morgan fingerprint density at radius 2 is 2.13 bits per heavy atom. The lowest BCUT2D eigenvalue weighted by Gasteiger charge is -2.05. The number of aliphatic hydroxyl groups is 1. The normalized spacial score (nSPS) is 16.1. The highest BCUT2D eigenvalue weighted by Gasteiger charge is 2.23. The molecule has 1 N–H and O–H groups in total. The Balaban J connectivity index is 2.12. The Morgan fingerprint density at radius 3 is 2.87 bits per heavy atom. The van der Waals surface area contributed by atoms with Crippen molar-refractivity contribution in [2.45, 2.75) is 26.0 Å². The van der Waals surface area contributed by atoms with Crippen LogP contribution in [0.15, 0.2) is 24.3 Å². The summed E-state index contributed by atoms with van der Waals surface area (Å²) in [7, 11) is 0. The Bertz CT molecular complexity index is 485. The minimum absolute atomic E-state index is 0.0292. The number of fused-ring (bicyclic) bond motifs is 1. The molecule has 0 radical (unpaired) electrons. The SMILES string of the molecule is OCc1nc2ccccc2n1CC1CC1. The minimum Gasteiger partial charge on any atom is -0.388 e. The maximum Gasteiger partial charge on any atom is 0.135 e. The molecular weight excluding hydrogens is 188 g/mol. The lowest BCUT2D eigenvalue weighted by atomic mass is 10.3. The number of imidazole rings is 1. The first-order valence-corrected chi connectivity index (χ1v) is 5.43. The van der Waals surface area contributed by atoms with Crippen LogP contribution in [-0.4, -0.2) is 14.7 Å². The van der Waals surface area contributed by atoms with E-state index in [2.05, 4.69) is 15.6 Å². The molecule has 1 aliphatic rings. The summed E-state index contributed by atoms with van der Waals surface area (Å²) in [5.74, 6) is 1.59. The van der Waals surface area contributed by atoms with Crippen LogP contribution in [0.1, 0.15) is 18.7 Å². The molecule has 1 heterocycles. The van der Waals surface area contributed by atoms with Gasteiger partial charge in [0.05, 0.1) is 11.0 Å². The molecule has 0 spiro atoms. The summed E-state index contributed by atoms with van der Waals surface area (Å²) in [6, 6.07) is 8.08. The summed E-state index contributed by atoms with van der Waals surface area (Å²) < 4.78 is 2.16. The third kappa shape index (κ3) is 1.53. The Morgan fingerprint density at radius 1 is 1.33 bits per heavy atom. The van der Waals surface area contributed by atoms with Crippen molar-refractivity contribution in [3.05, 3.63) is 30.1 Å². The van der Waals surface area contributed by atoms with Gasteiger partial charge in [0.15, 0.2) is 0 Å². The van der Waals surface area contributed by atoms with Crippen molar-refractivity contribution in [2.75, 3.05) is 0 Å². The molecule has 1 saturated carbocycles. The molecule has 0 unspecified atom stereocenters. The van der Waals surface area contributed by atoms with Crippen molar-refractivity contribution in [1.82, 2.24) is 9.55 Å². The first-order chi connectivity index (χ1) is 7.38. The summed E-state index contributed by atoms with van der Waals surface area (Å²) in [6.45, 7) is 1.04. The third-order valence-corrected chi connectivity index (χ3v) is 3.01. The zero-order valence-electron chi connectivity index (χ0n) is 8.56. The van der Waals surface area contributed by atoms with Crippen LogP contribution in [0.3, 0.4) is 0 Å². The third-order valence-electron chi connectivity index (χ3n) is 3.01. The van der Waals surface area contributed by atoms with Crippen LogP contribution >= 0.6 is 0 Å². The lowest BCUT2D eigenvalue weighted by Crippen LogP contribution is -2.05. The van der Waals surface area contributed by atoms with Gasteiger partial charge in [0.2, 0.25) is 0 Å². The predicted molar refractivity (Wildman–Crippen MR) is 58.4 cm³/mol. The highest BCUT2D eigenvalue weighted by Crippen LogP contribution is 2.32. The van der Waals surface area contributed by atoms with Gasteiger partial charge in [-0.2, -0.15) is 0 Å². The summed E-state index contributed by atoms with van der Waals surface area (Å²) in [6.07, 6.45) is 2.63. The number of benzene rings is 1. The summed E-state index contributed by atoms with van der Waals surface area (Å²) in [5, 5.41) is 9.27. The van der Waals surface area contributed by atoms with Gasteiger partial charge in [-0.3, -0.25) is 0 Å². The van der Waals surface area contributed by atoms with Gasteiger partial charge in [0, 0.05) is 6.54 Å². The van der Waals surface area contributed by atoms with Crippen LogP contribution in [0.25, 0.3) is 11.0 Å². The van der Waals surface area contributed by atoms with E-state index in [1.165, 1.54) is 12.8 Å². The second-order valence-corrected chi connectivity index (χ2v) is 4.23. The number of hydrogen-bond acceptors (Lipinski definition) is 2. The average molecular weight is 202 g/mol. The average Bonchev–Trinajstić information content (AvgIpc) is 3.01. The maximum atomic E-state index is 9.27. The van der Waals surface area contributed by atoms with Gasteiger partial charge in [-0.1, -0.05) is 12.1 Å². The lowest BCUT2D eigenvalue weighted by molar-refractivity contribution is 0.265. The molecule has 2 aromatic rings. The molecule has 15 heavy (non-hydrogen) atoms. The number of aliphatic hydroxyl groups excluding tert-OH is 1. The largest absolute Gasteiger partial charge is 0.388 e. The van der Waals surface area contributed by atoms with Crippen molar-refractivity contribution >= 4 is 11.0 Å². The predicted octanol–water partition coefficient (Wildman–Crippen LogP) is 1.94. The zero-order chi connectivity index (χ0) is 10.3. The van der Waals surface area contributed by atoms with Crippen LogP contribution in [0.5, 0.6) is 0 Å². The molecule has 0 saturated heterocycles. The number of para-hydroxylation sites is 2. The Labute approximate surface area is 88.4 Å². The van der Waals surface area contributed by atoms with E-state index in [1.54, 1.807) is 0 Å². The van der Waals surface area contributed by atoms with Gasteiger partial charge in [-0.15, -0.1) is 0 Å². The first-order valence-electron chi connectivity index (χ1n) is 5.43. The van der Waals surface area contributed by atoms with Crippen molar-refractivity contribution in [3.63, 3.8) is 0 Å². The van der Waals surface area contributed by atoms with E-state index in [-0.39, 0.29) is 6.61 Å². The zero-order valence-corrected chi connectivity index (χ0v) is 8.56. The van der Waals surface area contributed by atoms with Gasteiger partial charge >= 0.3 is 0 Å². The fourth-order valence-electron chi connectivity index (χ4n) is 2.01. The molecule has 1 aromatic carbocycles. The van der Waals surface area contributed by atoms with Gasteiger partial charge in [-0.25, -0.2) is 4.98 Å². The second-order valence-electron chi connectivity index (χ2n) is 4.23. The molecule has 0 atom stereocenters. The van der Waals surface area contributed by atoms with Gasteiger partial charge in [0.25, 0.3) is 0 Å². The van der Waals surface area contributed by atoms with Crippen molar-refractivity contribution in [3.8, 4) is 0 Å². The van der Waals surface area contributed by atoms with E-state index < -0.39 is 0 Å². The van der Waals surface area contributed by atoms with Crippen LogP contribution in [-0.2, 0) is 13.2 Å². The van der Waals surface area contributed by atoms with E-state index in [0.717, 1.165) is 29.3 Å². The van der Waals surface area contributed by atoms with E-state index in [1.807, 2.05) is 18.2 Å². The van der Waals surface area contributed by atoms with Gasteiger partial charge < -0.3 is 9.67 Å².